The van der Waals surface area contributed by atoms with Gasteiger partial charge in [0.25, 0.3) is 0 Å². The van der Waals surface area contributed by atoms with Crippen molar-refractivity contribution in [3.63, 3.8) is 0 Å². The number of anilines is 2. The van der Waals surface area contributed by atoms with Crippen molar-refractivity contribution in [1.82, 2.24) is 19.7 Å². The molecule has 0 atom stereocenters. The summed E-state index contributed by atoms with van der Waals surface area (Å²) in [5.41, 5.74) is 0.866. The quantitative estimate of drug-likeness (QED) is 0.840. The van der Waals surface area contributed by atoms with Crippen LogP contribution in [0.2, 0.25) is 0 Å². The van der Waals surface area contributed by atoms with Crippen LogP contribution in [0.5, 0.6) is 0 Å². The molecule has 7 heteroatoms. The van der Waals surface area contributed by atoms with Crippen LogP contribution >= 0.6 is 0 Å². The van der Waals surface area contributed by atoms with E-state index in [1.165, 1.54) is 0 Å². The molecule has 0 unspecified atom stereocenters. The molecule has 1 saturated heterocycles. The van der Waals surface area contributed by atoms with Crippen LogP contribution in [-0.4, -0.2) is 52.6 Å². The zero-order chi connectivity index (χ0) is 14.7. The Kier molecular flexibility index (Phi) is 4.19. The van der Waals surface area contributed by atoms with E-state index in [1.54, 1.807) is 4.68 Å². The van der Waals surface area contributed by atoms with Gasteiger partial charge in [0.1, 0.15) is 5.82 Å². The molecule has 2 aromatic heterocycles. The molecule has 1 fully saturated rings. The zero-order valence-electron chi connectivity index (χ0n) is 12.7. The number of rotatable bonds is 5. The number of aryl methyl sites for hydroxylation is 1. The number of nitrogens with zero attached hydrogens (tertiary/aromatic N) is 5. The minimum absolute atomic E-state index is 0.682. The first-order valence-corrected chi connectivity index (χ1v) is 7.56. The maximum atomic E-state index is 5.43. The molecule has 3 heterocycles. The molecule has 114 valence electrons. The van der Waals surface area contributed by atoms with Gasteiger partial charge < -0.3 is 15.0 Å². The van der Waals surface area contributed by atoms with Crippen LogP contribution in [0.25, 0.3) is 11.0 Å². The molecule has 3 rings (SSSR count). The average molecular weight is 290 g/mol. The maximum Gasteiger partial charge on any atom is 0.226 e. The van der Waals surface area contributed by atoms with E-state index in [0.29, 0.717) is 5.95 Å². The van der Waals surface area contributed by atoms with Crippen molar-refractivity contribution in [3.8, 4) is 0 Å². The Balaban J connectivity index is 1.95. The molecule has 2 aromatic rings. The summed E-state index contributed by atoms with van der Waals surface area (Å²) in [7, 11) is 1.91. The van der Waals surface area contributed by atoms with E-state index >= 15 is 0 Å². The van der Waals surface area contributed by atoms with E-state index < -0.39 is 0 Å². The summed E-state index contributed by atoms with van der Waals surface area (Å²) in [6, 6.07) is 0. The maximum absolute atomic E-state index is 5.43. The summed E-state index contributed by atoms with van der Waals surface area (Å²) in [6.07, 6.45) is 4.10. The van der Waals surface area contributed by atoms with Gasteiger partial charge >= 0.3 is 0 Å². The molecular weight excluding hydrogens is 268 g/mol. The number of morpholine rings is 1. The zero-order valence-corrected chi connectivity index (χ0v) is 12.7. The largest absolute Gasteiger partial charge is 0.378 e. The van der Waals surface area contributed by atoms with E-state index in [-0.39, 0.29) is 0 Å². The Labute approximate surface area is 124 Å². The summed E-state index contributed by atoms with van der Waals surface area (Å²) < 4.78 is 7.22. The second-order valence-electron chi connectivity index (χ2n) is 5.26. The lowest BCUT2D eigenvalue weighted by molar-refractivity contribution is 0.122. The van der Waals surface area contributed by atoms with Crippen molar-refractivity contribution in [3.05, 3.63) is 6.20 Å². The van der Waals surface area contributed by atoms with Gasteiger partial charge in [-0.25, -0.2) is 0 Å². The van der Waals surface area contributed by atoms with Crippen molar-refractivity contribution in [2.24, 2.45) is 7.05 Å². The normalized spacial score (nSPS) is 15.6. The molecule has 0 amide bonds. The summed E-state index contributed by atoms with van der Waals surface area (Å²) in [4.78, 5) is 11.5. The average Bonchev–Trinajstić information content (AvgIpc) is 2.89. The first-order valence-electron chi connectivity index (χ1n) is 7.56. The molecule has 7 nitrogen and oxygen atoms in total. The van der Waals surface area contributed by atoms with Gasteiger partial charge in [-0.3, -0.25) is 4.68 Å². The monoisotopic (exact) mass is 290 g/mol. The third-order valence-corrected chi connectivity index (χ3v) is 3.70. The Morgan fingerprint density at radius 3 is 2.86 bits per heavy atom. The van der Waals surface area contributed by atoms with Crippen LogP contribution in [-0.2, 0) is 11.8 Å². The molecule has 0 saturated carbocycles. The fraction of sp³-hybridized carbons (Fsp3) is 0.643. The number of hydrogen-bond donors (Lipinski definition) is 1. The van der Waals surface area contributed by atoms with Crippen LogP contribution < -0.4 is 10.2 Å². The van der Waals surface area contributed by atoms with Gasteiger partial charge in [0.05, 0.1) is 24.8 Å². The number of aromatic nitrogens is 4. The van der Waals surface area contributed by atoms with Crippen LogP contribution in [0.4, 0.5) is 11.8 Å². The van der Waals surface area contributed by atoms with E-state index in [9.17, 15) is 0 Å². The van der Waals surface area contributed by atoms with Crippen molar-refractivity contribution >= 4 is 22.8 Å². The highest BCUT2D eigenvalue weighted by atomic mass is 16.5. The highest BCUT2D eigenvalue weighted by Gasteiger charge is 2.19. The molecular formula is C14H22N6O. The van der Waals surface area contributed by atoms with Crippen molar-refractivity contribution in [2.75, 3.05) is 43.1 Å². The third-order valence-electron chi connectivity index (χ3n) is 3.70. The van der Waals surface area contributed by atoms with Gasteiger partial charge in [-0.15, -0.1) is 0 Å². The summed E-state index contributed by atoms with van der Waals surface area (Å²) in [5, 5.41) is 8.63. The SMILES string of the molecule is CCCCNc1nc(N2CCOCC2)c2cnn(C)c2n1. The number of ether oxygens (including phenoxy) is 1. The second kappa shape index (κ2) is 6.26. The van der Waals surface area contributed by atoms with Crippen LogP contribution in [0.15, 0.2) is 6.20 Å². The second-order valence-corrected chi connectivity index (χ2v) is 5.26. The van der Waals surface area contributed by atoms with E-state index in [2.05, 4.69) is 27.2 Å². The van der Waals surface area contributed by atoms with Gasteiger partial charge in [0.15, 0.2) is 5.65 Å². The lowest BCUT2D eigenvalue weighted by Gasteiger charge is -2.28. The standard InChI is InChI=1S/C14H22N6O/c1-3-4-5-15-14-17-12-11(10-16-19(12)2)13(18-14)20-6-8-21-9-7-20/h10H,3-9H2,1-2H3,(H,15,17,18). The van der Waals surface area contributed by atoms with Crippen molar-refractivity contribution < 1.29 is 4.74 Å². The van der Waals surface area contributed by atoms with Gasteiger partial charge in [0.2, 0.25) is 5.95 Å². The van der Waals surface area contributed by atoms with E-state index in [4.69, 9.17) is 9.72 Å². The predicted octanol–water partition coefficient (Wildman–Crippen LogP) is 1.41. The Morgan fingerprint density at radius 2 is 2.10 bits per heavy atom. The Bertz CT molecular complexity index is 605. The van der Waals surface area contributed by atoms with Crippen molar-refractivity contribution in [2.45, 2.75) is 19.8 Å². The van der Waals surface area contributed by atoms with Gasteiger partial charge in [-0.2, -0.15) is 15.1 Å². The lowest BCUT2D eigenvalue weighted by atomic mass is 10.3. The number of nitrogens with one attached hydrogen (secondary N) is 1. The smallest absolute Gasteiger partial charge is 0.226 e. The molecule has 0 spiro atoms. The molecule has 0 aliphatic carbocycles. The fourth-order valence-electron chi connectivity index (χ4n) is 2.48. The van der Waals surface area contributed by atoms with Crippen LogP contribution in [0.1, 0.15) is 19.8 Å². The molecule has 0 bridgehead atoms. The lowest BCUT2D eigenvalue weighted by Crippen LogP contribution is -2.37. The first kappa shape index (κ1) is 14.1. The highest BCUT2D eigenvalue weighted by molar-refractivity contribution is 5.88. The van der Waals surface area contributed by atoms with Crippen molar-refractivity contribution in [1.29, 1.82) is 0 Å². The van der Waals surface area contributed by atoms with E-state index in [1.807, 2.05) is 13.2 Å². The fourth-order valence-corrected chi connectivity index (χ4v) is 2.48. The summed E-state index contributed by atoms with van der Waals surface area (Å²) in [6.45, 7) is 6.26. The van der Waals surface area contributed by atoms with E-state index in [0.717, 1.165) is 62.5 Å². The molecule has 1 aliphatic rings. The number of fused-ring (bicyclic) bond motifs is 1. The van der Waals surface area contributed by atoms with Gasteiger partial charge in [-0.1, -0.05) is 13.3 Å². The topological polar surface area (TPSA) is 68.1 Å². The minimum Gasteiger partial charge on any atom is -0.378 e. The predicted molar refractivity (Wildman–Crippen MR) is 82.7 cm³/mol. The third kappa shape index (κ3) is 2.92. The number of hydrogen-bond acceptors (Lipinski definition) is 6. The van der Waals surface area contributed by atoms with Crippen LogP contribution in [0, 0.1) is 0 Å². The highest BCUT2D eigenvalue weighted by Crippen LogP contribution is 2.25. The molecule has 21 heavy (non-hydrogen) atoms. The Morgan fingerprint density at radius 1 is 1.29 bits per heavy atom. The summed E-state index contributed by atoms with van der Waals surface area (Å²) >= 11 is 0. The Hall–Kier alpha value is -1.89. The first-order chi connectivity index (χ1) is 10.3. The van der Waals surface area contributed by atoms with Crippen LogP contribution in [0.3, 0.4) is 0 Å². The van der Waals surface area contributed by atoms with Gasteiger partial charge in [0, 0.05) is 26.7 Å². The minimum atomic E-state index is 0.682. The molecule has 0 radical (unpaired) electrons. The molecule has 0 aromatic carbocycles. The van der Waals surface area contributed by atoms with Gasteiger partial charge in [-0.05, 0) is 6.42 Å². The summed E-state index contributed by atoms with van der Waals surface area (Å²) in [5.74, 6) is 1.64. The molecule has 1 N–H and O–H groups in total. The molecule has 1 aliphatic heterocycles. The number of unbranched alkanes of at least 4 members (excludes halogenated alkanes) is 1.